The third-order valence-corrected chi connectivity index (χ3v) is 2.53. The number of rotatable bonds is 7. The van der Waals surface area contributed by atoms with Crippen molar-refractivity contribution in [3.05, 3.63) is 0 Å². The van der Waals surface area contributed by atoms with Crippen molar-refractivity contribution in [1.82, 2.24) is 5.32 Å². The fraction of sp³-hybridized carbons (Fsp3) is 0.917. The van der Waals surface area contributed by atoms with Gasteiger partial charge in [-0.1, -0.05) is 0 Å². The number of carbonyl (C=O) groups excluding carboxylic acids is 1. The van der Waals surface area contributed by atoms with E-state index in [1.807, 2.05) is 27.7 Å². The zero-order chi connectivity index (χ0) is 12.2. The SMILES string of the molecule is CCOC(=O)C(C)(COC(C)C)NC1CC1. The van der Waals surface area contributed by atoms with Crippen LogP contribution in [0, 0.1) is 0 Å². The van der Waals surface area contributed by atoms with Crippen LogP contribution in [0.5, 0.6) is 0 Å². The first-order chi connectivity index (χ1) is 7.48. The summed E-state index contributed by atoms with van der Waals surface area (Å²) in [4.78, 5) is 11.9. The van der Waals surface area contributed by atoms with Crippen LogP contribution in [0.2, 0.25) is 0 Å². The number of esters is 1. The molecule has 0 radical (unpaired) electrons. The summed E-state index contributed by atoms with van der Waals surface area (Å²) in [7, 11) is 0. The molecule has 1 saturated carbocycles. The highest BCUT2D eigenvalue weighted by molar-refractivity contribution is 5.80. The Bertz CT molecular complexity index is 238. The van der Waals surface area contributed by atoms with Gasteiger partial charge in [0.15, 0.2) is 0 Å². The molecule has 4 heteroatoms. The van der Waals surface area contributed by atoms with E-state index in [0.717, 1.165) is 12.8 Å². The van der Waals surface area contributed by atoms with Crippen LogP contribution >= 0.6 is 0 Å². The molecule has 0 amide bonds. The highest BCUT2D eigenvalue weighted by atomic mass is 16.5. The van der Waals surface area contributed by atoms with E-state index in [4.69, 9.17) is 9.47 Å². The number of nitrogens with one attached hydrogen (secondary N) is 1. The van der Waals surface area contributed by atoms with Crippen molar-refractivity contribution in [2.24, 2.45) is 0 Å². The molecule has 0 heterocycles. The minimum absolute atomic E-state index is 0.120. The standard InChI is InChI=1S/C12H23NO3/c1-5-15-11(14)12(4,8-16-9(2)3)13-10-6-7-10/h9-10,13H,5-8H2,1-4H3. The second-order valence-electron chi connectivity index (χ2n) is 4.83. The second kappa shape index (κ2) is 5.64. The molecule has 1 atom stereocenters. The third kappa shape index (κ3) is 4.10. The van der Waals surface area contributed by atoms with Gasteiger partial charge in [0.25, 0.3) is 0 Å². The van der Waals surface area contributed by atoms with Gasteiger partial charge in [-0.15, -0.1) is 0 Å². The van der Waals surface area contributed by atoms with E-state index in [-0.39, 0.29) is 12.1 Å². The quantitative estimate of drug-likeness (QED) is 0.672. The fourth-order valence-electron chi connectivity index (χ4n) is 1.46. The molecular weight excluding hydrogens is 206 g/mol. The van der Waals surface area contributed by atoms with Gasteiger partial charge in [0, 0.05) is 6.04 Å². The molecule has 1 fully saturated rings. The van der Waals surface area contributed by atoms with Crippen molar-refractivity contribution < 1.29 is 14.3 Å². The van der Waals surface area contributed by atoms with Crippen molar-refractivity contribution >= 4 is 5.97 Å². The summed E-state index contributed by atoms with van der Waals surface area (Å²) >= 11 is 0. The number of carbonyl (C=O) groups is 1. The Kier molecular flexibility index (Phi) is 4.74. The lowest BCUT2D eigenvalue weighted by molar-refractivity contribution is -0.154. The highest BCUT2D eigenvalue weighted by Crippen LogP contribution is 2.23. The Hall–Kier alpha value is -0.610. The topological polar surface area (TPSA) is 47.6 Å². The maximum atomic E-state index is 11.9. The minimum Gasteiger partial charge on any atom is -0.465 e. The van der Waals surface area contributed by atoms with Crippen LogP contribution in [-0.2, 0) is 14.3 Å². The largest absolute Gasteiger partial charge is 0.465 e. The zero-order valence-electron chi connectivity index (χ0n) is 10.7. The maximum Gasteiger partial charge on any atom is 0.328 e. The molecule has 94 valence electrons. The molecular formula is C12H23NO3. The van der Waals surface area contributed by atoms with Crippen molar-refractivity contribution in [1.29, 1.82) is 0 Å². The van der Waals surface area contributed by atoms with Crippen LogP contribution in [0.3, 0.4) is 0 Å². The van der Waals surface area contributed by atoms with Crippen LogP contribution in [0.25, 0.3) is 0 Å². The van der Waals surface area contributed by atoms with Crippen LogP contribution in [0.15, 0.2) is 0 Å². The summed E-state index contributed by atoms with van der Waals surface area (Å²) < 4.78 is 10.6. The highest BCUT2D eigenvalue weighted by Gasteiger charge is 2.40. The van der Waals surface area contributed by atoms with E-state index >= 15 is 0 Å². The first kappa shape index (κ1) is 13.5. The Morgan fingerprint density at radius 3 is 2.56 bits per heavy atom. The Balaban J connectivity index is 2.54. The monoisotopic (exact) mass is 229 g/mol. The predicted octanol–water partition coefficient (Wildman–Crippen LogP) is 1.49. The van der Waals surface area contributed by atoms with Gasteiger partial charge in [0.2, 0.25) is 0 Å². The fourth-order valence-corrected chi connectivity index (χ4v) is 1.46. The average molecular weight is 229 g/mol. The summed E-state index contributed by atoms with van der Waals surface area (Å²) in [5.74, 6) is -0.220. The summed E-state index contributed by atoms with van der Waals surface area (Å²) in [6.07, 6.45) is 2.39. The Morgan fingerprint density at radius 2 is 2.12 bits per heavy atom. The Morgan fingerprint density at radius 1 is 1.50 bits per heavy atom. The van der Waals surface area contributed by atoms with Gasteiger partial charge < -0.3 is 9.47 Å². The first-order valence-corrected chi connectivity index (χ1v) is 6.04. The van der Waals surface area contributed by atoms with Crippen molar-refractivity contribution in [2.75, 3.05) is 13.2 Å². The molecule has 0 bridgehead atoms. The van der Waals surface area contributed by atoms with Crippen LogP contribution in [0.4, 0.5) is 0 Å². The first-order valence-electron chi connectivity index (χ1n) is 6.04. The second-order valence-corrected chi connectivity index (χ2v) is 4.83. The van der Waals surface area contributed by atoms with E-state index in [0.29, 0.717) is 19.3 Å². The molecule has 1 rings (SSSR count). The summed E-state index contributed by atoms with van der Waals surface area (Å²) in [5.41, 5.74) is -0.707. The molecule has 0 saturated heterocycles. The minimum atomic E-state index is -0.707. The average Bonchev–Trinajstić information content (AvgIpc) is 2.99. The van der Waals surface area contributed by atoms with Crippen molar-refractivity contribution in [3.63, 3.8) is 0 Å². The van der Waals surface area contributed by atoms with Gasteiger partial charge in [0.05, 0.1) is 19.3 Å². The maximum absolute atomic E-state index is 11.9. The lowest BCUT2D eigenvalue weighted by atomic mass is 10.0. The molecule has 1 unspecified atom stereocenters. The van der Waals surface area contributed by atoms with Gasteiger partial charge in [-0.25, -0.2) is 4.79 Å². The van der Waals surface area contributed by atoms with Gasteiger partial charge >= 0.3 is 5.97 Å². The number of ether oxygens (including phenoxy) is 2. The van der Waals surface area contributed by atoms with E-state index in [2.05, 4.69) is 5.32 Å². The summed E-state index contributed by atoms with van der Waals surface area (Å²) in [6.45, 7) is 8.36. The zero-order valence-corrected chi connectivity index (χ0v) is 10.7. The van der Waals surface area contributed by atoms with E-state index < -0.39 is 5.54 Å². The van der Waals surface area contributed by atoms with Gasteiger partial charge in [-0.2, -0.15) is 0 Å². The molecule has 1 aliphatic carbocycles. The normalized spacial score (nSPS) is 19.6. The molecule has 0 aromatic carbocycles. The van der Waals surface area contributed by atoms with Crippen molar-refractivity contribution in [2.45, 2.75) is 58.2 Å². The van der Waals surface area contributed by atoms with Crippen LogP contribution in [0.1, 0.15) is 40.5 Å². The number of hydrogen-bond donors (Lipinski definition) is 1. The predicted molar refractivity (Wildman–Crippen MR) is 62.3 cm³/mol. The summed E-state index contributed by atoms with van der Waals surface area (Å²) in [5, 5.41) is 3.31. The molecule has 0 spiro atoms. The van der Waals surface area contributed by atoms with Gasteiger partial charge in [-0.3, -0.25) is 5.32 Å². The van der Waals surface area contributed by atoms with Crippen molar-refractivity contribution in [3.8, 4) is 0 Å². The van der Waals surface area contributed by atoms with Crippen LogP contribution in [-0.4, -0.2) is 36.9 Å². The molecule has 4 nitrogen and oxygen atoms in total. The van der Waals surface area contributed by atoms with E-state index in [9.17, 15) is 4.79 Å². The van der Waals surface area contributed by atoms with Gasteiger partial charge in [0.1, 0.15) is 5.54 Å². The summed E-state index contributed by atoms with van der Waals surface area (Å²) in [6, 6.07) is 0.449. The molecule has 0 aromatic heterocycles. The van der Waals surface area contributed by atoms with E-state index in [1.54, 1.807) is 0 Å². The Labute approximate surface area is 97.7 Å². The number of hydrogen-bond acceptors (Lipinski definition) is 4. The molecule has 16 heavy (non-hydrogen) atoms. The molecule has 0 aromatic rings. The third-order valence-electron chi connectivity index (χ3n) is 2.53. The molecule has 1 N–H and O–H groups in total. The van der Waals surface area contributed by atoms with E-state index in [1.165, 1.54) is 0 Å². The lowest BCUT2D eigenvalue weighted by Crippen LogP contribution is -2.55. The lowest BCUT2D eigenvalue weighted by Gasteiger charge is -2.29. The molecule has 1 aliphatic rings. The van der Waals surface area contributed by atoms with Crippen LogP contribution < -0.4 is 5.32 Å². The smallest absolute Gasteiger partial charge is 0.328 e. The molecule has 0 aliphatic heterocycles. The van der Waals surface area contributed by atoms with Gasteiger partial charge in [-0.05, 0) is 40.5 Å².